The third-order valence-electron chi connectivity index (χ3n) is 3.62. The molecule has 0 spiro atoms. The van der Waals surface area contributed by atoms with Gasteiger partial charge in [-0.05, 0) is 32.1 Å². The average Bonchev–Trinajstić information content (AvgIpc) is 2.41. The van der Waals surface area contributed by atoms with Crippen molar-refractivity contribution >= 4 is 0 Å². The van der Waals surface area contributed by atoms with Gasteiger partial charge in [0.25, 0.3) is 0 Å². The van der Waals surface area contributed by atoms with Gasteiger partial charge in [0.15, 0.2) is 0 Å². The standard InChI is InChI=1S/C14H24N4/c1-17(2)14(13-4-3-6-16-12-13)5-9-18-10-7-15-8-11-18/h3-4,6,12,14-15H,5,7-11H2,1-2H3. The summed E-state index contributed by atoms with van der Waals surface area (Å²) in [7, 11) is 4.30. The van der Waals surface area contributed by atoms with E-state index in [0.29, 0.717) is 6.04 Å². The Morgan fingerprint density at radius 2 is 2.17 bits per heavy atom. The summed E-state index contributed by atoms with van der Waals surface area (Å²) in [5, 5.41) is 3.39. The lowest BCUT2D eigenvalue weighted by Crippen LogP contribution is -2.44. The zero-order chi connectivity index (χ0) is 12.8. The maximum absolute atomic E-state index is 4.23. The van der Waals surface area contributed by atoms with Crippen molar-refractivity contribution in [2.75, 3.05) is 46.8 Å². The monoisotopic (exact) mass is 248 g/mol. The fourth-order valence-electron chi connectivity index (χ4n) is 2.54. The van der Waals surface area contributed by atoms with E-state index < -0.39 is 0 Å². The summed E-state index contributed by atoms with van der Waals surface area (Å²) < 4.78 is 0. The van der Waals surface area contributed by atoms with Gasteiger partial charge in [0.05, 0.1) is 0 Å². The van der Waals surface area contributed by atoms with Crippen LogP contribution in [0.4, 0.5) is 0 Å². The molecule has 18 heavy (non-hydrogen) atoms. The number of aromatic nitrogens is 1. The highest BCUT2D eigenvalue weighted by Crippen LogP contribution is 2.21. The van der Waals surface area contributed by atoms with Crippen LogP contribution in [0.3, 0.4) is 0 Å². The first-order valence-corrected chi connectivity index (χ1v) is 6.77. The Morgan fingerprint density at radius 3 is 2.78 bits per heavy atom. The highest BCUT2D eigenvalue weighted by Gasteiger charge is 2.16. The van der Waals surface area contributed by atoms with E-state index in [0.717, 1.165) is 13.1 Å². The molecule has 4 heteroatoms. The molecule has 0 aromatic carbocycles. The molecule has 1 aliphatic rings. The van der Waals surface area contributed by atoms with E-state index in [-0.39, 0.29) is 0 Å². The molecule has 1 aromatic heterocycles. The molecule has 2 rings (SSSR count). The van der Waals surface area contributed by atoms with Gasteiger partial charge in [0, 0.05) is 51.2 Å². The van der Waals surface area contributed by atoms with Crippen LogP contribution < -0.4 is 5.32 Å². The van der Waals surface area contributed by atoms with Crippen LogP contribution in [0.5, 0.6) is 0 Å². The SMILES string of the molecule is CN(C)C(CCN1CCNCC1)c1cccnc1. The lowest BCUT2D eigenvalue weighted by molar-refractivity contribution is 0.199. The highest BCUT2D eigenvalue weighted by molar-refractivity contribution is 5.13. The second-order valence-electron chi connectivity index (χ2n) is 5.15. The third-order valence-corrected chi connectivity index (χ3v) is 3.62. The first-order chi connectivity index (χ1) is 8.77. The predicted octanol–water partition coefficient (Wildman–Crippen LogP) is 0.980. The summed E-state index contributed by atoms with van der Waals surface area (Å²) in [5.74, 6) is 0. The summed E-state index contributed by atoms with van der Waals surface area (Å²) in [6.07, 6.45) is 4.99. The van der Waals surface area contributed by atoms with E-state index in [1.54, 1.807) is 0 Å². The number of nitrogens with zero attached hydrogens (tertiary/aromatic N) is 3. The van der Waals surface area contributed by atoms with Crippen LogP contribution in [-0.4, -0.2) is 61.6 Å². The van der Waals surface area contributed by atoms with Crippen molar-refractivity contribution in [2.45, 2.75) is 12.5 Å². The molecule has 0 bridgehead atoms. The predicted molar refractivity (Wildman–Crippen MR) is 74.6 cm³/mol. The molecule has 0 amide bonds. The molecule has 1 N–H and O–H groups in total. The van der Waals surface area contributed by atoms with Crippen molar-refractivity contribution in [3.63, 3.8) is 0 Å². The Balaban J connectivity index is 1.90. The van der Waals surface area contributed by atoms with E-state index >= 15 is 0 Å². The summed E-state index contributed by atoms with van der Waals surface area (Å²) in [4.78, 5) is 9.07. The van der Waals surface area contributed by atoms with Crippen molar-refractivity contribution < 1.29 is 0 Å². The maximum atomic E-state index is 4.23. The smallest absolute Gasteiger partial charge is 0.0369 e. The molecule has 100 valence electrons. The van der Waals surface area contributed by atoms with E-state index in [9.17, 15) is 0 Å². The first-order valence-electron chi connectivity index (χ1n) is 6.77. The van der Waals surface area contributed by atoms with Gasteiger partial charge in [-0.2, -0.15) is 0 Å². The van der Waals surface area contributed by atoms with Gasteiger partial charge in [-0.3, -0.25) is 4.98 Å². The minimum atomic E-state index is 0.466. The van der Waals surface area contributed by atoms with Crippen LogP contribution >= 0.6 is 0 Å². The molecule has 0 saturated carbocycles. The normalized spacial score (nSPS) is 19.1. The quantitative estimate of drug-likeness (QED) is 0.842. The second kappa shape index (κ2) is 6.83. The molecule has 1 fully saturated rings. The van der Waals surface area contributed by atoms with Gasteiger partial charge in [-0.25, -0.2) is 0 Å². The zero-order valence-electron chi connectivity index (χ0n) is 11.5. The fraction of sp³-hybridized carbons (Fsp3) is 0.643. The Kier molecular flexibility index (Phi) is 5.11. The van der Waals surface area contributed by atoms with Crippen LogP contribution in [-0.2, 0) is 0 Å². The number of nitrogens with one attached hydrogen (secondary N) is 1. The molecular weight excluding hydrogens is 224 g/mol. The van der Waals surface area contributed by atoms with Crippen LogP contribution in [0.25, 0.3) is 0 Å². The number of hydrogen-bond donors (Lipinski definition) is 1. The highest BCUT2D eigenvalue weighted by atomic mass is 15.2. The Labute approximate surface area is 110 Å². The maximum Gasteiger partial charge on any atom is 0.0369 e. The summed E-state index contributed by atoms with van der Waals surface area (Å²) in [6, 6.07) is 4.67. The molecule has 1 saturated heterocycles. The van der Waals surface area contributed by atoms with E-state index in [4.69, 9.17) is 0 Å². The lowest BCUT2D eigenvalue weighted by atomic mass is 10.0. The van der Waals surface area contributed by atoms with Crippen LogP contribution in [0.2, 0.25) is 0 Å². The molecule has 1 atom stereocenters. The Bertz CT molecular complexity index is 333. The van der Waals surface area contributed by atoms with Gasteiger partial charge in [0.1, 0.15) is 0 Å². The van der Waals surface area contributed by atoms with Crippen LogP contribution in [0.1, 0.15) is 18.0 Å². The summed E-state index contributed by atoms with van der Waals surface area (Å²) >= 11 is 0. The molecule has 1 aliphatic heterocycles. The Hall–Kier alpha value is -0.970. The molecule has 0 aliphatic carbocycles. The van der Waals surface area contributed by atoms with Crippen LogP contribution in [0.15, 0.2) is 24.5 Å². The molecule has 0 radical (unpaired) electrons. The summed E-state index contributed by atoms with van der Waals surface area (Å²) in [5.41, 5.74) is 1.32. The van der Waals surface area contributed by atoms with Gasteiger partial charge < -0.3 is 15.1 Å². The van der Waals surface area contributed by atoms with E-state index in [2.05, 4.69) is 40.3 Å². The van der Waals surface area contributed by atoms with Gasteiger partial charge in [0.2, 0.25) is 0 Å². The topological polar surface area (TPSA) is 31.4 Å². The van der Waals surface area contributed by atoms with E-state index in [1.807, 2.05) is 18.5 Å². The molecule has 2 heterocycles. The minimum Gasteiger partial charge on any atom is -0.314 e. The third kappa shape index (κ3) is 3.77. The lowest BCUT2D eigenvalue weighted by Gasteiger charge is -2.31. The Morgan fingerprint density at radius 1 is 1.39 bits per heavy atom. The van der Waals surface area contributed by atoms with Crippen molar-refractivity contribution in [1.29, 1.82) is 0 Å². The van der Waals surface area contributed by atoms with Crippen molar-refractivity contribution in [3.8, 4) is 0 Å². The molecular formula is C14H24N4. The average molecular weight is 248 g/mol. The molecule has 1 unspecified atom stereocenters. The van der Waals surface area contributed by atoms with Crippen molar-refractivity contribution in [2.24, 2.45) is 0 Å². The largest absolute Gasteiger partial charge is 0.314 e. The van der Waals surface area contributed by atoms with Crippen molar-refractivity contribution in [3.05, 3.63) is 30.1 Å². The van der Waals surface area contributed by atoms with Gasteiger partial charge in [-0.1, -0.05) is 6.07 Å². The number of hydrogen-bond acceptors (Lipinski definition) is 4. The van der Waals surface area contributed by atoms with E-state index in [1.165, 1.54) is 31.6 Å². The minimum absolute atomic E-state index is 0.466. The van der Waals surface area contributed by atoms with Crippen LogP contribution in [0, 0.1) is 0 Å². The summed E-state index contributed by atoms with van der Waals surface area (Å²) in [6.45, 7) is 5.76. The fourth-order valence-corrected chi connectivity index (χ4v) is 2.54. The number of pyridine rings is 1. The molecule has 1 aromatic rings. The zero-order valence-corrected chi connectivity index (χ0v) is 11.5. The van der Waals surface area contributed by atoms with Gasteiger partial charge >= 0.3 is 0 Å². The molecule has 4 nitrogen and oxygen atoms in total. The second-order valence-corrected chi connectivity index (χ2v) is 5.15. The van der Waals surface area contributed by atoms with Gasteiger partial charge in [-0.15, -0.1) is 0 Å². The number of rotatable bonds is 5. The van der Waals surface area contributed by atoms with Crippen molar-refractivity contribution in [1.82, 2.24) is 20.1 Å². The first kappa shape index (κ1) is 13.5. The number of piperazine rings is 1.